The first-order valence-electron chi connectivity index (χ1n) is 6.86. The summed E-state index contributed by atoms with van der Waals surface area (Å²) in [6.45, 7) is 7.13. The van der Waals surface area contributed by atoms with Gasteiger partial charge in [0.1, 0.15) is 6.61 Å². The Morgan fingerprint density at radius 2 is 2.17 bits per heavy atom. The largest absolute Gasteiger partial charge is 0.374 e. The SMILES string of the molecule is CC1CNC(C)(C2CC2)CN1CCOCC(F)F. The van der Waals surface area contributed by atoms with Crippen LogP contribution >= 0.6 is 0 Å². The molecule has 1 saturated heterocycles. The first-order valence-corrected chi connectivity index (χ1v) is 6.86. The van der Waals surface area contributed by atoms with Gasteiger partial charge >= 0.3 is 0 Å². The molecule has 1 aliphatic heterocycles. The number of rotatable bonds is 6. The lowest BCUT2D eigenvalue weighted by Crippen LogP contribution is -2.63. The highest BCUT2D eigenvalue weighted by molar-refractivity contribution is 5.03. The van der Waals surface area contributed by atoms with Gasteiger partial charge in [0.05, 0.1) is 6.61 Å². The standard InChI is InChI=1S/C13H24F2N2O/c1-10-7-16-13(2,11-3-4-11)9-17(10)5-6-18-8-12(14)15/h10-12,16H,3-9H2,1-2H3. The molecule has 2 atom stereocenters. The molecular weight excluding hydrogens is 238 g/mol. The summed E-state index contributed by atoms with van der Waals surface area (Å²) in [6.07, 6.45) is 0.267. The van der Waals surface area contributed by atoms with Gasteiger partial charge in [-0.25, -0.2) is 8.78 Å². The van der Waals surface area contributed by atoms with E-state index in [4.69, 9.17) is 4.74 Å². The van der Waals surface area contributed by atoms with Crippen LogP contribution in [0.1, 0.15) is 26.7 Å². The minimum absolute atomic E-state index is 0.204. The first kappa shape index (κ1) is 14.2. The Morgan fingerprint density at radius 1 is 1.44 bits per heavy atom. The van der Waals surface area contributed by atoms with Gasteiger partial charge in [-0.15, -0.1) is 0 Å². The average Bonchev–Trinajstić information content (AvgIpc) is 3.13. The number of halogens is 2. The second-order valence-corrected chi connectivity index (χ2v) is 5.86. The minimum atomic E-state index is -2.36. The van der Waals surface area contributed by atoms with Crippen LogP contribution in [0, 0.1) is 5.92 Å². The molecule has 0 aromatic carbocycles. The molecule has 0 aromatic rings. The van der Waals surface area contributed by atoms with Crippen molar-refractivity contribution in [3.05, 3.63) is 0 Å². The van der Waals surface area contributed by atoms with Crippen molar-refractivity contribution in [2.24, 2.45) is 5.92 Å². The normalized spacial score (nSPS) is 34.2. The first-order chi connectivity index (χ1) is 8.51. The summed E-state index contributed by atoms with van der Waals surface area (Å²) in [5.74, 6) is 0.787. The molecule has 1 heterocycles. The number of nitrogens with one attached hydrogen (secondary N) is 1. The number of hydrogen-bond donors (Lipinski definition) is 1. The van der Waals surface area contributed by atoms with E-state index >= 15 is 0 Å². The Labute approximate surface area is 108 Å². The molecule has 1 saturated carbocycles. The molecule has 106 valence electrons. The van der Waals surface area contributed by atoms with Gasteiger partial charge in [-0.05, 0) is 32.6 Å². The fourth-order valence-corrected chi connectivity index (χ4v) is 2.79. The maximum atomic E-state index is 12.0. The van der Waals surface area contributed by atoms with E-state index in [1.54, 1.807) is 0 Å². The summed E-state index contributed by atoms with van der Waals surface area (Å²) < 4.78 is 28.9. The Balaban J connectivity index is 1.75. The van der Waals surface area contributed by atoms with Gasteiger partial charge in [-0.1, -0.05) is 0 Å². The van der Waals surface area contributed by atoms with Crippen LogP contribution in [0.3, 0.4) is 0 Å². The third kappa shape index (κ3) is 3.62. The lowest BCUT2D eigenvalue weighted by molar-refractivity contribution is -0.00355. The third-order valence-corrected chi connectivity index (χ3v) is 4.20. The third-order valence-electron chi connectivity index (χ3n) is 4.20. The zero-order chi connectivity index (χ0) is 13.2. The van der Waals surface area contributed by atoms with E-state index in [0.29, 0.717) is 12.6 Å². The van der Waals surface area contributed by atoms with Crippen molar-refractivity contribution in [3.63, 3.8) is 0 Å². The van der Waals surface area contributed by atoms with Gasteiger partial charge in [0.25, 0.3) is 6.43 Å². The monoisotopic (exact) mass is 262 g/mol. The van der Waals surface area contributed by atoms with Crippen LogP contribution < -0.4 is 5.32 Å². The maximum Gasteiger partial charge on any atom is 0.261 e. The molecule has 5 heteroatoms. The van der Waals surface area contributed by atoms with E-state index in [-0.39, 0.29) is 5.54 Å². The fraction of sp³-hybridized carbons (Fsp3) is 1.00. The van der Waals surface area contributed by atoms with Gasteiger partial charge in [0, 0.05) is 31.2 Å². The molecule has 0 spiro atoms. The number of alkyl halides is 2. The van der Waals surface area contributed by atoms with Crippen LogP contribution in [0.4, 0.5) is 8.78 Å². The van der Waals surface area contributed by atoms with Gasteiger partial charge < -0.3 is 10.1 Å². The summed E-state index contributed by atoms with van der Waals surface area (Å²) in [5, 5.41) is 3.64. The Bertz CT molecular complexity index is 274. The summed E-state index contributed by atoms with van der Waals surface area (Å²) in [5.41, 5.74) is 0.204. The predicted molar refractivity (Wildman–Crippen MR) is 67.0 cm³/mol. The van der Waals surface area contributed by atoms with Crippen LogP contribution in [0.15, 0.2) is 0 Å². The Kier molecular flexibility index (Phi) is 4.56. The molecule has 2 rings (SSSR count). The van der Waals surface area contributed by atoms with E-state index < -0.39 is 13.0 Å². The maximum absolute atomic E-state index is 12.0. The van der Waals surface area contributed by atoms with Crippen molar-refractivity contribution >= 4 is 0 Å². The number of ether oxygens (including phenoxy) is 1. The molecule has 1 N–H and O–H groups in total. The zero-order valence-electron chi connectivity index (χ0n) is 11.3. The van der Waals surface area contributed by atoms with Crippen LogP contribution in [0.5, 0.6) is 0 Å². The molecule has 2 aliphatic rings. The molecule has 18 heavy (non-hydrogen) atoms. The van der Waals surface area contributed by atoms with E-state index in [9.17, 15) is 8.78 Å². The quantitative estimate of drug-likeness (QED) is 0.738. The summed E-state index contributed by atoms with van der Waals surface area (Å²) in [7, 11) is 0. The van der Waals surface area contributed by atoms with Gasteiger partial charge in [0.2, 0.25) is 0 Å². The van der Waals surface area contributed by atoms with Crippen molar-refractivity contribution in [1.82, 2.24) is 10.2 Å². The van der Waals surface area contributed by atoms with Crippen LogP contribution in [0.2, 0.25) is 0 Å². The van der Waals surface area contributed by atoms with E-state index in [1.807, 2.05) is 0 Å². The highest BCUT2D eigenvalue weighted by Gasteiger charge is 2.45. The van der Waals surface area contributed by atoms with Gasteiger partial charge in [-0.3, -0.25) is 4.90 Å². The van der Waals surface area contributed by atoms with Crippen LogP contribution in [-0.2, 0) is 4.74 Å². The van der Waals surface area contributed by atoms with Gasteiger partial charge in [-0.2, -0.15) is 0 Å². The topological polar surface area (TPSA) is 24.5 Å². The molecule has 0 aromatic heterocycles. The highest BCUT2D eigenvalue weighted by Crippen LogP contribution is 2.41. The van der Waals surface area contributed by atoms with Crippen LogP contribution in [0.25, 0.3) is 0 Å². The molecular formula is C13H24F2N2O. The van der Waals surface area contributed by atoms with E-state index in [1.165, 1.54) is 12.8 Å². The molecule has 2 fully saturated rings. The lowest BCUT2D eigenvalue weighted by atomic mass is 9.91. The summed E-state index contributed by atoms with van der Waals surface area (Å²) >= 11 is 0. The summed E-state index contributed by atoms with van der Waals surface area (Å²) in [4.78, 5) is 2.36. The molecule has 0 amide bonds. The van der Waals surface area contributed by atoms with Gasteiger partial charge in [0.15, 0.2) is 0 Å². The van der Waals surface area contributed by atoms with Crippen molar-refractivity contribution < 1.29 is 13.5 Å². The fourth-order valence-electron chi connectivity index (χ4n) is 2.79. The Morgan fingerprint density at radius 3 is 2.78 bits per heavy atom. The van der Waals surface area contributed by atoms with E-state index in [0.717, 1.165) is 25.6 Å². The molecule has 1 aliphatic carbocycles. The molecule has 0 radical (unpaired) electrons. The molecule has 3 nitrogen and oxygen atoms in total. The smallest absolute Gasteiger partial charge is 0.261 e. The predicted octanol–water partition coefficient (Wildman–Crippen LogP) is 1.73. The average molecular weight is 262 g/mol. The second-order valence-electron chi connectivity index (χ2n) is 5.86. The lowest BCUT2D eigenvalue weighted by Gasteiger charge is -2.45. The number of nitrogens with zero attached hydrogens (tertiary/aromatic N) is 1. The molecule has 2 unspecified atom stereocenters. The number of hydrogen-bond acceptors (Lipinski definition) is 3. The summed E-state index contributed by atoms with van der Waals surface area (Å²) in [6, 6.07) is 0.451. The Hall–Kier alpha value is -0.260. The van der Waals surface area contributed by atoms with Crippen molar-refractivity contribution in [2.75, 3.05) is 32.8 Å². The molecule has 0 bridgehead atoms. The van der Waals surface area contributed by atoms with Crippen molar-refractivity contribution in [3.8, 4) is 0 Å². The minimum Gasteiger partial charge on any atom is -0.374 e. The number of piperazine rings is 1. The van der Waals surface area contributed by atoms with E-state index in [2.05, 4.69) is 24.1 Å². The zero-order valence-corrected chi connectivity index (χ0v) is 11.3. The second kappa shape index (κ2) is 5.80. The van der Waals surface area contributed by atoms with Crippen molar-refractivity contribution in [2.45, 2.75) is 44.7 Å². The van der Waals surface area contributed by atoms with Crippen LogP contribution in [-0.4, -0.2) is 55.8 Å². The van der Waals surface area contributed by atoms with Crippen molar-refractivity contribution in [1.29, 1.82) is 0 Å². The highest BCUT2D eigenvalue weighted by atomic mass is 19.3.